The van der Waals surface area contributed by atoms with E-state index < -0.39 is 0 Å². The second kappa shape index (κ2) is 9.07. The van der Waals surface area contributed by atoms with Crippen LogP contribution in [0, 0.1) is 6.92 Å². The molecule has 0 aromatic heterocycles. The molecule has 0 spiro atoms. The van der Waals surface area contributed by atoms with Gasteiger partial charge in [-0.15, -0.1) is 0 Å². The van der Waals surface area contributed by atoms with Crippen LogP contribution >= 0.6 is 0 Å². The molecule has 0 bridgehead atoms. The van der Waals surface area contributed by atoms with Crippen molar-refractivity contribution in [2.45, 2.75) is 25.9 Å². The molecule has 2 amide bonds. The van der Waals surface area contributed by atoms with Crippen molar-refractivity contribution in [3.63, 3.8) is 0 Å². The molecule has 6 nitrogen and oxygen atoms in total. The SMILES string of the molecule is Cc1cccc(N2CC(CNC(=O)CCCOc3ccccc3)OC2=O)c1. The zero-order valence-corrected chi connectivity index (χ0v) is 15.4. The lowest BCUT2D eigenvalue weighted by molar-refractivity contribution is -0.121. The minimum atomic E-state index is -0.379. The molecule has 1 heterocycles. The molecule has 2 aromatic carbocycles. The number of rotatable bonds is 8. The minimum Gasteiger partial charge on any atom is -0.494 e. The second-order valence-corrected chi connectivity index (χ2v) is 6.52. The molecule has 6 heteroatoms. The van der Waals surface area contributed by atoms with E-state index in [-0.39, 0.29) is 18.1 Å². The van der Waals surface area contributed by atoms with E-state index in [0.717, 1.165) is 17.0 Å². The van der Waals surface area contributed by atoms with Crippen LogP contribution in [-0.4, -0.2) is 37.8 Å². The van der Waals surface area contributed by atoms with Gasteiger partial charge < -0.3 is 14.8 Å². The molecule has 1 saturated heterocycles. The van der Waals surface area contributed by atoms with E-state index in [2.05, 4.69) is 5.32 Å². The maximum Gasteiger partial charge on any atom is 0.414 e. The number of benzene rings is 2. The smallest absolute Gasteiger partial charge is 0.414 e. The Morgan fingerprint density at radius 2 is 2.04 bits per heavy atom. The average Bonchev–Trinajstić information content (AvgIpc) is 3.05. The third kappa shape index (κ3) is 5.48. The van der Waals surface area contributed by atoms with Crippen molar-refractivity contribution in [3.05, 3.63) is 60.2 Å². The van der Waals surface area contributed by atoms with Crippen LogP contribution in [0.15, 0.2) is 54.6 Å². The highest BCUT2D eigenvalue weighted by Crippen LogP contribution is 2.22. The Morgan fingerprint density at radius 1 is 1.22 bits per heavy atom. The second-order valence-electron chi connectivity index (χ2n) is 6.52. The maximum atomic E-state index is 12.1. The van der Waals surface area contributed by atoms with Crippen molar-refractivity contribution in [2.24, 2.45) is 0 Å². The first-order chi connectivity index (χ1) is 13.1. The summed E-state index contributed by atoms with van der Waals surface area (Å²) < 4.78 is 10.9. The maximum absolute atomic E-state index is 12.1. The van der Waals surface area contributed by atoms with Gasteiger partial charge in [-0.2, -0.15) is 0 Å². The molecule has 1 aliphatic rings. The van der Waals surface area contributed by atoms with Crippen molar-refractivity contribution in [2.75, 3.05) is 24.6 Å². The fourth-order valence-electron chi connectivity index (χ4n) is 2.89. The summed E-state index contributed by atoms with van der Waals surface area (Å²) in [5.41, 5.74) is 1.89. The van der Waals surface area contributed by atoms with E-state index in [0.29, 0.717) is 32.5 Å². The molecule has 0 aliphatic carbocycles. The largest absolute Gasteiger partial charge is 0.494 e. The number of para-hydroxylation sites is 1. The first-order valence-corrected chi connectivity index (χ1v) is 9.11. The van der Waals surface area contributed by atoms with E-state index in [1.807, 2.05) is 61.5 Å². The third-order valence-corrected chi connectivity index (χ3v) is 4.27. The molecule has 1 fully saturated rings. The van der Waals surface area contributed by atoms with Gasteiger partial charge in [0, 0.05) is 12.1 Å². The molecule has 0 radical (unpaired) electrons. The Hall–Kier alpha value is -3.02. The van der Waals surface area contributed by atoms with Gasteiger partial charge in [-0.1, -0.05) is 30.3 Å². The number of aryl methyl sites for hydroxylation is 1. The van der Waals surface area contributed by atoms with Crippen LogP contribution in [-0.2, 0) is 9.53 Å². The zero-order chi connectivity index (χ0) is 19.1. The summed E-state index contributed by atoms with van der Waals surface area (Å²) in [6.07, 6.45) is 0.272. The number of nitrogens with one attached hydrogen (secondary N) is 1. The third-order valence-electron chi connectivity index (χ3n) is 4.27. The topological polar surface area (TPSA) is 67.9 Å². The van der Waals surface area contributed by atoms with Crippen LogP contribution in [0.1, 0.15) is 18.4 Å². The molecule has 1 aliphatic heterocycles. The van der Waals surface area contributed by atoms with E-state index in [4.69, 9.17) is 9.47 Å². The number of ether oxygens (including phenoxy) is 2. The first-order valence-electron chi connectivity index (χ1n) is 9.11. The van der Waals surface area contributed by atoms with Crippen molar-refractivity contribution in [3.8, 4) is 5.75 Å². The molecular weight excluding hydrogens is 344 g/mol. The summed E-state index contributed by atoms with van der Waals surface area (Å²) in [7, 11) is 0. The van der Waals surface area contributed by atoms with E-state index in [1.165, 1.54) is 0 Å². The normalized spacial score (nSPS) is 16.1. The molecule has 1 N–H and O–H groups in total. The standard InChI is InChI=1S/C21H24N2O4/c1-16-7-5-8-17(13-16)23-15-19(27-21(23)25)14-22-20(24)11-6-12-26-18-9-3-2-4-10-18/h2-5,7-10,13,19H,6,11-12,14-15H2,1H3,(H,22,24). The number of amides is 2. The molecule has 2 aromatic rings. The van der Waals surface area contributed by atoms with E-state index in [1.54, 1.807) is 4.90 Å². The predicted molar refractivity (Wildman–Crippen MR) is 103 cm³/mol. The van der Waals surface area contributed by atoms with Gasteiger partial charge in [0.05, 0.1) is 19.7 Å². The van der Waals surface area contributed by atoms with Gasteiger partial charge in [-0.3, -0.25) is 9.69 Å². The summed E-state index contributed by atoms with van der Waals surface area (Å²) in [5, 5.41) is 2.83. The molecule has 0 saturated carbocycles. The van der Waals surface area contributed by atoms with Crippen LogP contribution in [0.5, 0.6) is 5.75 Å². The van der Waals surface area contributed by atoms with Crippen LogP contribution in [0.4, 0.5) is 10.5 Å². The number of carbonyl (C=O) groups is 2. The van der Waals surface area contributed by atoms with Gasteiger partial charge in [0.1, 0.15) is 11.9 Å². The molecule has 1 atom stereocenters. The molecule has 27 heavy (non-hydrogen) atoms. The highest BCUT2D eigenvalue weighted by Gasteiger charge is 2.32. The fourth-order valence-corrected chi connectivity index (χ4v) is 2.89. The van der Waals surface area contributed by atoms with E-state index >= 15 is 0 Å². The average molecular weight is 368 g/mol. The lowest BCUT2D eigenvalue weighted by Crippen LogP contribution is -2.34. The van der Waals surface area contributed by atoms with Gasteiger partial charge in [0.15, 0.2) is 0 Å². The van der Waals surface area contributed by atoms with Crippen molar-refractivity contribution in [1.29, 1.82) is 0 Å². The van der Waals surface area contributed by atoms with Crippen LogP contribution < -0.4 is 15.0 Å². The van der Waals surface area contributed by atoms with Crippen LogP contribution in [0.25, 0.3) is 0 Å². The number of anilines is 1. The number of nitrogens with zero attached hydrogens (tertiary/aromatic N) is 1. The van der Waals surface area contributed by atoms with Gasteiger partial charge in [0.2, 0.25) is 5.91 Å². The van der Waals surface area contributed by atoms with Crippen LogP contribution in [0.3, 0.4) is 0 Å². The van der Waals surface area contributed by atoms with Gasteiger partial charge >= 0.3 is 6.09 Å². The van der Waals surface area contributed by atoms with Crippen LogP contribution in [0.2, 0.25) is 0 Å². The molecule has 3 rings (SSSR count). The predicted octanol–water partition coefficient (Wildman–Crippen LogP) is 3.30. The summed E-state index contributed by atoms with van der Waals surface area (Å²) in [6, 6.07) is 17.2. The van der Waals surface area contributed by atoms with Crippen molar-refractivity contribution < 1.29 is 19.1 Å². The fraction of sp³-hybridized carbons (Fsp3) is 0.333. The van der Waals surface area contributed by atoms with Crippen molar-refractivity contribution in [1.82, 2.24) is 5.32 Å². The molecule has 1 unspecified atom stereocenters. The number of hydrogen-bond acceptors (Lipinski definition) is 4. The summed E-state index contributed by atoms with van der Waals surface area (Å²) >= 11 is 0. The Balaban J connectivity index is 1.36. The Labute approximate surface area is 159 Å². The lowest BCUT2D eigenvalue weighted by Gasteiger charge is -2.13. The van der Waals surface area contributed by atoms with Gasteiger partial charge in [-0.25, -0.2) is 4.79 Å². The van der Waals surface area contributed by atoms with Crippen molar-refractivity contribution >= 4 is 17.7 Å². The highest BCUT2D eigenvalue weighted by atomic mass is 16.6. The van der Waals surface area contributed by atoms with E-state index in [9.17, 15) is 9.59 Å². The molecular formula is C21H24N2O4. The molecule has 142 valence electrons. The number of cyclic esters (lactones) is 1. The van der Waals surface area contributed by atoms with Gasteiger partial charge in [0.25, 0.3) is 0 Å². The number of carbonyl (C=O) groups excluding carboxylic acids is 2. The summed E-state index contributed by atoms with van der Waals surface area (Å²) in [4.78, 5) is 25.6. The first kappa shape index (κ1) is 18.8. The summed E-state index contributed by atoms with van der Waals surface area (Å²) in [5.74, 6) is 0.726. The Kier molecular flexibility index (Phi) is 6.30. The van der Waals surface area contributed by atoms with Gasteiger partial charge in [-0.05, 0) is 43.2 Å². The Bertz CT molecular complexity index is 779. The zero-order valence-electron chi connectivity index (χ0n) is 15.4. The lowest BCUT2D eigenvalue weighted by atomic mass is 10.2. The Morgan fingerprint density at radius 3 is 2.81 bits per heavy atom. The minimum absolute atomic E-state index is 0.0725. The highest BCUT2D eigenvalue weighted by molar-refractivity contribution is 5.89. The monoisotopic (exact) mass is 368 g/mol. The number of hydrogen-bond donors (Lipinski definition) is 1. The summed E-state index contributed by atoms with van der Waals surface area (Å²) in [6.45, 7) is 3.20. The quantitative estimate of drug-likeness (QED) is 0.726.